The van der Waals surface area contributed by atoms with Crippen molar-refractivity contribution in [3.05, 3.63) is 62.5 Å². The van der Waals surface area contributed by atoms with E-state index in [2.05, 4.69) is 37.2 Å². The van der Waals surface area contributed by atoms with Gasteiger partial charge in [0, 0.05) is 10.5 Å². The van der Waals surface area contributed by atoms with E-state index in [-0.39, 0.29) is 16.2 Å². The van der Waals surface area contributed by atoms with Crippen LogP contribution in [0.25, 0.3) is 0 Å². The van der Waals surface area contributed by atoms with Gasteiger partial charge < -0.3 is 5.32 Å². The molecular weight excluding hydrogens is 392 g/mol. The largest absolute Gasteiger partial charge is 0.376 e. The molecule has 1 nitrogen and oxygen atoms in total. The van der Waals surface area contributed by atoms with Crippen LogP contribution >= 0.6 is 31.9 Å². The fourth-order valence-corrected chi connectivity index (χ4v) is 2.54. The van der Waals surface area contributed by atoms with Crippen LogP contribution in [0, 0.1) is 11.6 Å². The fraction of sp³-hybridized carbons (Fsp3) is 0.200. The van der Waals surface area contributed by atoms with E-state index in [1.165, 1.54) is 6.07 Å². The molecule has 0 spiro atoms. The molecule has 0 aliphatic rings. The standard InChI is InChI=1S/C15H13Br2F2N/c1-2-14(9-3-5-10(16)6-4-9)20-15-7-11(17)12(18)8-13(15)19/h3-8,14,20H,2H2,1H3. The van der Waals surface area contributed by atoms with Crippen molar-refractivity contribution in [2.24, 2.45) is 0 Å². The van der Waals surface area contributed by atoms with Crippen molar-refractivity contribution in [2.45, 2.75) is 19.4 Å². The first-order chi connectivity index (χ1) is 9.51. The molecule has 0 amide bonds. The van der Waals surface area contributed by atoms with Gasteiger partial charge in [0.15, 0.2) is 0 Å². The average Bonchev–Trinajstić information content (AvgIpc) is 2.42. The molecule has 2 aromatic carbocycles. The summed E-state index contributed by atoms with van der Waals surface area (Å²) in [5.74, 6) is -1.20. The highest BCUT2D eigenvalue weighted by Gasteiger charge is 2.13. The number of benzene rings is 2. The van der Waals surface area contributed by atoms with E-state index in [4.69, 9.17) is 0 Å². The van der Waals surface area contributed by atoms with Crippen molar-refractivity contribution in [3.8, 4) is 0 Å². The number of halogens is 4. The van der Waals surface area contributed by atoms with Gasteiger partial charge in [-0.05, 0) is 46.1 Å². The van der Waals surface area contributed by atoms with Crippen LogP contribution < -0.4 is 5.32 Å². The number of hydrogen-bond donors (Lipinski definition) is 1. The summed E-state index contributed by atoms with van der Waals surface area (Å²) in [5.41, 5.74) is 1.34. The maximum atomic E-state index is 13.8. The number of nitrogens with one attached hydrogen (secondary N) is 1. The third-order valence-electron chi connectivity index (χ3n) is 3.02. The summed E-state index contributed by atoms with van der Waals surface area (Å²) in [6, 6.07) is 10.1. The summed E-state index contributed by atoms with van der Waals surface area (Å²) in [4.78, 5) is 0. The Morgan fingerprint density at radius 3 is 2.30 bits per heavy atom. The molecule has 0 aliphatic carbocycles. The predicted molar refractivity (Wildman–Crippen MR) is 84.9 cm³/mol. The van der Waals surface area contributed by atoms with Crippen LogP contribution in [0.5, 0.6) is 0 Å². The van der Waals surface area contributed by atoms with Crippen molar-refractivity contribution in [3.63, 3.8) is 0 Å². The monoisotopic (exact) mass is 403 g/mol. The Balaban J connectivity index is 2.26. The van der Waals surface area contributed by atoms with Crippen molar-refractivity contribution < 1.29 is 8.78 Å². The molecule has 0 bridgehead atoms. The van der Waals surface area contributed by atoms with Gasteiger partial charge in [-0.25, -0.2) is 8.78 Å². The Morgan fingerprint density at radius 1 is 1.05 bits per heavy atom. The number of hydrogen-bond acceptors (Lipinski definition) is 1. The lowest BCUT2D eigenvalue weighted by molar-refractivity contribution is 0.578. The minimum Gasteiger partial charge on any atom is -0.376 e. The van der Waals surface area contributed by atoms with Gasteiger partial charge in [-0.3, -0.25) is 0 Å². The molecule has 0 aliphatic heterocycles. The molecule has 0 fully saturated rings. The third kappa shape index (κ3) is 3.58. The first-order valence-electron chi connectivity index (χ1n) is 6.17. The highest BCUT2D eigenvalue weighted by atomic mass is 79.9. The zero-order valence-corrected chi connectivity index (χ0v) is 13.9. The Kier molecular flexibility index (Phi) is 5.16. The lowest BCUT2D eigenvalue weighted by Crippen LogP contribution is -2.11. The molecule has 1 N–H and O–H groups in total. The van der Waals surface area contributed by atoms with Gasteiger partial charge in [0.05, 0.1) is 16.2 Å². The summed E-state index contributed by atoms with van der Waals surface area (Å²) < 4.78 is 28.2. The Bertz CT molecular complexity index is 600. The molecule has 0 saturated carbocycles. The Labute approximate surface area is 133 Å². The molecule has 106 valence electrons. The van der Waals surface area contributed by atoms with Crippen LogP contribution in [-0.2, 0) is 0 Å². The zero-order chi connectivity index (χ0) is 14.7. The molecule has 1 unspecified atom stereocenters. The molecule has 5 heteroatoms. The second-order valence-electron chi connectivity index (χ2n) is 4.40. The van der Waals surface area contributed by atoms with Crippen molar-refractivity contribution >= 4 is 37.5 Å². The third-order valence-corrected chi connectivity index (χ3v) is 4.16. The maximum Gasteiger partial charge on any atom is 0.149 e. The van der Waals surface area contributed by atoms with E-state index in [0.29, 0.717) is 0 Å². The molecular formula is C15H13Br2F2N. The van der Waals surface area contributed by atoms with Gasteiger partial charge in [-0.15, -0.1) is 0 Å². The second kappa shape index (κ2) is 6.68. The summed E-state index contributed by atoms with van der Waals surface area (Å²) in [6.45, 7) is 2.01. The Hall–Kier alpha value is -0.940. The van der Waals surface area contributed by atoms with Crippen LogP contribution in [0.1, 0.15) is 24.9 Å². The second-order valence-corrected chi connectivity index (χ2v) is 6.17. The SMILES string of the molecule is CCC(Nc1cc(Br)c(F)cc1F)c1ccc(Br)cc1. The lowest BCUT2D eigenvalue weighted by atomic mass is 10.0. The van der Waals surface area contributed by atoms with Gasteiger partial charge >= 0.3 is 0 Å². The predicted octanol–water partition coefficient (Wildman–Crippen LogP) is 6.05. The molecule has 2 rings (SSSR count). The number of anilines is 1. The normalized spacial score (nSPS) is 12.2. The highest BCUT2D eigenvalue weighted by Crippen LogP contribution is 2.29. The first kappa shape index (κ1) is 15.4. The lowest BCUT2D eigenvalue weighted by Gasteiger charge is -2.19. The van der Waals surface area contributed by atoms with Gasteiger partial charge in [-0.1, -0.05) is 35.0 Å². The topological polar surface area (TPSA) is 12.0 Å². The average molecular weight is 405 g/mol. The van der Waals surface area contributed by atoms with E-state index >= 15 is 0 Å². The van der Waals surface area contributed by atoms with Crippen LogP contribution in [0.3, 0.4) is 0 Å². The quantitative estimate of drug-likeness (QED) is 0.611. The minimum atomic E-state index is -0.607. The molecule has 2 aromatic rings. The van der Waals surface area contributed by atoms with Crippen molar-refractivity contribution in [1.29, 1.82) is 0 Å². The molecule has 0 heterocycles. The maximum absolute atomic E-state index is 13.8. The molecule has 0 saturated heterocycles. The van der Waals surface area contributed by atoms with Crippen LogP contribution in [-0.4, -0.2) is 0 Å². The number of rotatable bonds is 4. The van der Waals surface area contributed by atoms with E-state index in [1.54, 1.807) is 0 Å². The van der Waals surface area contributed by atoms with Gasteiger partial charge in [0.1, 0.15) is 11.6 Å². The minimum absolute atomic E-state index is 0.0324. The van der Waals surface area contributed by atoms with Gasteiger partial charge in [0.2, 0.25) is 0 Å². The smallest absolute Gasteiger partial charge is 0.149 e. The molecule has 20 heavy (non-hydrogen) atoms. The van der Waals surface area contributed by atoms with E-state index < -0.39 is 11.6 Å². The molecule has 0 radical (unpaired) electrons. The molecule has 1 atom stereocenters. The summed E-state index contributed by atoms with van der Waals surface area (Å²) in [6.07, 6.45) is 0.788. The van der Waals surface area contributed by atoms with Crippen LogP contribution in [0.2, 0.25) is 0 Å². The summed E-state index contributed by atoms with van der Waals surface area (Å²) in [5, 5.41) is 3.11. The highest BCUT2D eigenvalue weighted by molar-refractivity contribution is 9.10. The van der Waals surface area contributed by atoms with Crippen molar-refractivity contribution in [1.82, 2.24) is 0 Å². The Morgan fingerprint density at radius 2 is 1.70 bits per heavy atom. The fourth-order valence-electron chi connectivity index (χ4n) is 1.94. The first-order valence-corrected chi connectivity index (χ1v) is 7.76. The van der Waals surface area contributed by atoms with E-state index in [1.807, 2.05) is 31.2 Å². The van der Waals surface area contributed by atoms with Crippen LogP contribution in [0.15, 0.2) is 45.3 Å². The van der Waals surface area contributed by atoms with Crippen molar-refractivity contribution in [2.75, 3.05) is 5.32 Å². The van der Waals surface area contributed by atoms with Gasteiger partial charge in [0.25, 0.3) is 0 Å². The van der Waals surface area contributed by atoms with Gasteiger partial charge in [-0.2, -0.15) is 0 Å². The molecule has 0 aromatic heterocycles. The van der Waals surface area contributed by atoms with E-state index in [9.17, 15) is 8.78 Å². The van der Waals surface area contributed by atoms with E-state index in [0.717, 1.165) is 22.5 Å². The summed E-state index contributed by atoms with van der Waals surface area (Å²) in [7, 11) is 0. The zero-order valence-electron chi connectivity index (χ0n) is 10.8. The summed E-state index contributed by atoms with van der Waals surface area (Å²) >= 11 is 6.45. The van der Waals surface area contributed by atoms with Crippen LogP contribution in [0.4, 0.5) is 14.5 Å².